The lowest BCUT2D eigenvalue weighted by molar-refractivity contribution is 0.177. The molecule has 0 aliphatic carbocycles. The largest absolute Gasteiger partial charge is 0.388 e. The lowest BCUT2D eigenvalue weighted by Crippen LogP contribution is -2.34. The van der Waals surface area contributed by atoms with Gasteiger partial charge in [-0.3, -0.25) is 9.47 Å². The number of hydrogen-bond donors (Lipinski definition) is 1. The molecule has 2 aromatic heterocycles. The molecule has 3 aromatic rings. The molecular weight excluding hydrogens is 344 g/mol. The molecule has 1 aromatic carbocycles. The third-order valence-corrected chi connectivity index (χ3v) is 5.95. The Morgan fingerprint density at radius 1 is 1.00 bits per heavy atom. The predicted molar refractivity (Wildman–Crippen MR) is 103 cm³/mol. The highest BCUT2D eigenvalue weighted by atomic mass is 32.1. The van der Waals surface area contributed by atoms with Gasteiger partial charge in [0.1, 0.15) is 12.4 Å². The number of benzene rings is 1. The first kappa shape index (κ1) is 17.4. The Labute approximate surface area is 157 Å². The Balaban J connectivity index is 1.42. The van der Waals surface area contributed by atoms with E-state index in [4.69, 9.17) is 0 Å². The summed E-state index contributed by atoms with van der Waals surface area (Å²) in [4.78, 5) is 3.99. The summed E-state index contributed by atoms with van der Waals surface area (Å²) in [5.41, 5.74) is 1.02. The third-order valence-electron chi connectivity index (χ3n) is 5.09. The van der Waals surface area contributed by atoms with Crippen molar-refractivity contribution in [3.63, 3.8) is 0 Å². The molecule has 1 N–H and O–H groups in total. The molecule has 0 radical (unpaired) electrons. The second-order valence-electron chi connectivity index (χ2n) is 6.86. The lowest BCUT2D eigenvalue weighted by Gasteiger charge is -2.31. The molecule has 0 spiro atoms. The van der Waals surface area contributed by atoms with E-state index >= 15 is 0 Å². The Kier molecular flexibility index (Phi) is 5.43. The maximum absolute atomic E-state index is 9.63. The normalized spacial score (nSPS) is 16.2. The highest BCUT2D eigenvalue weighted by Crippen LogP contribution is 2.25. The van der Waals surface area contributed by atoms with Gasteiger partial charge in [-0.15, -0.1) is 21.5 Å². The fourth-order valence-electron chi connectivity index (χ4n) is 3.69. The van der Waals surface area contributed by atoms with Crippen molar-refractivity contribution in [1.29, 1.82) is 0 Å². The fraction of sp³-hybridized carbons (Fsp3) is 0.400. The molecular formula is C20H24N4OS. The van der Waals surface area contributed by atoms with Crippen LogP contribution in [0.25, 0.3) is 5.69 Å². The molecule has 0 atom stereocenters. The minimum absolute atomic E-state index is 0.0961. The van der Waals surface area contributed by atoms with Gasteiger partial charge in [-0.25, -0.2) is 0 Å². The average molecular weight is 369 g/mol. The highest BCUT2D eigenvalue weighted by molar-refractivity contribution is 7.09. The average Bonchev–Trinajstić information content (AvgIpc) is 3.33. The highest BCUT2D eigenvalue weighted by Gasteiger charge is 2.23. The van der Waals surface area contributed by atoms with Gasteiger partial charge in [0.15, 0.2) is 5.82 Å². The maximum atomic E-state index is 9.63. The summed E-state index contributed by atoms with van der Waals surface area (Å²) < 4.78 is 2.01. The van der Waals surface area contributed by atoms with E-state index in [0.29, 0.717) is 11.7 Å². The summed E-state index contributed by atoms with van der Waals surface area (Å²) in [6, 6.07) is 14.4. The molecule has 0 saturated carbocycles. The standard InChI is InChI=1S/C20H24N4OS/c25-15-20-22-21-19(24(20)17-5-2-1-3-6-17)13-16-8-10-23(11-9-16)14-18-7-4-12-26-18/h1-7,12,16,25H,8-11,13-15H2. The lowest BCUT2D eigenvalue weighted by atomic mass is 9.93. The van der Waals surface area contributed by atoms with Crippen LogP contribution in [0.15, 0.2) is 47.8 Å². The van der Waals surface area contributed by atoms with Crippen LogP contribution in [0.4, 0.5) is 0 Å². The van der Waals surface area contributed by atoms with Crippen LogP contribution < -0.4 is 0 Å². The van der Waals surface area contributed by atoms with Crippen molar-refractivity contribution in [2.75, 3.05) is 13.1 Å². The molecule has 1 fully saturated rings. The smallest absolute Gasteiger partial charge is 0.163 e. The van der Waals surface area contributed by atoms with Crippen molar-refractivity contribution >= 4 is 11.3 Å². The van der Waals surface area contributed by atoms with Crippen LogP contribution in [-0.2, 0) is 19.6 Å². The molecule has 0 amide bonds. The number of rotatable bonds is 6. The van der Waals surface area contributed by atoms with Crippen LogP contribution in [0.1, 0.15) is 29.4 Å². The van der Waals surface area contributed by atoms with Crippen molar-refractivity contribution < 1.29 is 5.11 Å². The summed E-state index contributed by atoms with van der Waals surface area (Å²) in [6.45, 7) is 3.24. The van der Waals surface area contributed by atoms with Crippen molar-refractivity contribution in [3.8, 4) is 5.69 Å². The molecule has 0 unspecified atom stereocenters. The molecule has 0 bridgehead atoms. The first-order valence-electron chi connectivity index (χ1n) is 9.17. The quantitative estimate of drug-likeness (QED) is 0.725. The fourth-order valence-corrected chi connectivity index (χ4v) is 4.44. The van der Waals surface area contributed by atoms with E-state index < -0.39 is 0 Å². The summed E-state index contributed by atoms with van der Waals surface area (Å²) >= 11 is 1.84. The summed E-state index contributed by atoms with van der Waals surface area (Å²) in [5.74, 6) is 2.19. The Morgan fingerprint density at radius 3 is 2.46 bits per heavy atom. The van der Waals surface area contributed by atoms with Crippen molar-refractivity contribution in [2.45, 2.75) is 32.4 Å². The zero-order valence-electron chi connectivity index (χ0n) is 14.8. The van der Waals surface area contributed by atoms with Crippen LogP contribution in [0, 0.1) is 5.92 Å². The molecule has 1 aliphatic heterocycles. The van der Waals surface area contributed by atoms with Crippen LogP contribution in [-0.4, -0.2) is 37.9 Å². The van der Waals surface area contributed by atoms with Gasteiger partial charge in [0.25, 0.3) is 0 Å². The van der Waals surface area contributed by atoms with E-state index in [-0.39, 0.29) is 6.61 Å². The van der Waals surface area contributed by atoms with Crippen molar-refractivity contribution in [2.24, 2.45) is 5.92 Å². The van der Waals surface area contributed by atoms with Crippen LogP contribution in [0.3, 0.4) is 0 Å². The number of aliphatic hydroxyl groups excluding tert-OH is 1. The van der Waals surface area contributed by atoms with Gasteiger partial charge in [0, 0.05) is 23.5 Å². The van der Waals surface area contributed by atoms with Gasteiger partial charge < -0.3 is 5.11 Å². The van der Waals surface area contributed by atoms with E-state index in [2.05, 4.69) is 32.6 Å². The zero-order chi connectivity index (χ0) is 17.8. The molecule has 5 nitrogen and oxygen atoms in total. The van der Waals surface area contributed by atoms with E-state index in [0.717, 1.165) is 37.6 Å². The van der Waals surface area contributed by atoms with Gasteiger partial charge >= 0.3 is 0 Å². The van der Waals surface area contributed by atoms with Crippen LogP contribution in [0.5, 0.6) is 0 Å². The summed E-state index contributed by atoms with van der Waals surface area (Å²) in [7, 11) is 0. The second-order valence-corrected chi connectivity index (χ2v) is 7.90. The SMILES string of the molecule is OCc1nnc(CC2CCN(Cc3cccs3)CC2)n1-c1ccccc1. The number of hydrogen-bond acceptors (Lipinski definition) is 5. The van der Waals surface area contributed by atoms with E-state index in [1.807, 2.05) is 46.2 Å². The third kappa shape index (κ3) is 3.87. The van der Waals surface area contributed by atoms with Gasteiger partial charge in [-0.2, -0.15) is 0 Å². The number of nitrogens with zero attached hydrogens (tertiary/aromatic N) is 4. The number of thiophene rings is 1. The maximum Gasteiger partial charge on any atom is 0.163 e. The van der Waals surface area contributed by atoms with Gasteiger partial charge in [0.2, 0.25) is 0 Å². The predicted octanol–water partition coefficient (Wildman–Crippen LogP) is 3.28. The van der Waals surface area contributed by atoms with Crippen LogP contribution in [0.2, 0.25) is 0 Å². The number of piperidine rings is 1. The van der Waals surface area contributed by atoms with E-state index in [9.17, 15) is 5.11 Å². The molecule has 1 saturated heterocycles. The summed E-state index contributed by atoms with van der Waals surface area (Å²) in [5, 5.41) is 20.4. The number of likely N-dealkylation sites (tertiary alicyclic amines) is 1. The Hall–Kier alpha value is -2.02. The molecule has 136 valence electrons. The number of aromatic nitrogens is 3. The molecule has 26 heavy (non-hydrogen) atoms. The van der Waals surface area contributed by atoms with E-state index in [1.54, 1.807) is 0 Å². The molecule has 1 aliphatic rings. The zero-order valence-corrected chi connectivity index (χ0v) is 15.6. The number of aliphatic hydroxyl groups is 1. The summed E-state index contributed by atoms with van der Waals surface area (Å²) in [6.07, 6.45) is 3.28. The topological polar surface area (TPSA) is 54.2 Å². The van der Waals surface area contributed by atoms with Crippen molar-refractivity contribution in [1.82, 2.24) is 19.7 Å². The second kappa shape index (κ2) is 8.12. The Morgan fingerprint density at radius 2 is 1.77 bits per heavy atom. The Bertz CT molecular complexity index is 808. The number of para-hydroxylation sites is 1. The van der Waals surface area contributed by atoms with Gasteiger partial charge in [-0.05, 0) is 55.4 Å². The minimum Gasteiger partial charge on any atom is -0.388 e. The minimum atomic E-state index is -0.0961. The van der Waals surface area contributed by atoms with Crippen molar-refractivity contribution in [3.05, 3.63) is 64.4 Å². The van der Waals surface area contributed by atoms with Crippen LogP contribution >= 0.6 is 11.3 Å². The first-order valence-corrected chi connectivity index (χ1v) is 10.1. The molecule has 6 heteroatoms. The first-order chi connectivity index (χ1) is 12.8. The monoisotopic (exact) mass is 368 g/mol. The van der Waals surface area contributed by atoms with Gasteiger partial charge in [-0.1, -0.05) is 24.3 Å². The van der Waals surface area contributed by atoms with Gasteiger partial charge in [0.05, 0.1) is 0 Å². The molecule has 3 heterocycles. The van der Waals surface area contributed by atoms with E-state index in [1.165, 1.54) is 17.7 Å². The molecule has 4 rings (SSSR count).